The van der Waals surface area contributed by atoms with Crippen molar-refractivity contribution in [3.63, 3.8) is 0 Å². The molecule has 0 fully saturated rings. The van der Waals surface area contributed by atoms with E-state index >= 15 is 0 Å². The predicted octanol–water partition coefficient (Wildman–Crippen LogP) is 2.87. The average molecular weight is 264 g/mol. The summed E-state index contributed by atoms with van der Waals surface area (Å²) in [4.78, 5) is 20.0. The van der Waals surface area contributed by atoms with Crippen molar-refractivity contribution in [2.45, 2.75) is 13.3 Å². The molecule has 0 heterocycles. The van der Waals surface area contributed by atoms with E-state index in [1.807, 2.05) is 6.92 Å². The highest BCUT2D eigenvalue weighted by molar-refractivity contribution is 5.94. The van der Waals surface area contributed by atoms with Crippen molar-refractivity contribution < 1.29 is 9.85 Å². The van der Waals surface area contributed by atoms with Crippen LogP contribution >= 0.6 is 0 Å². The fourth-order valence-electron chi connectivity index (χ4n) is 1.28. The van der Waals surface area contributed by atoms with Crippen molar-refractivity contribution in [3.05, 3.63) is 51.1 Å². The Hall–Kier alpha value is -2.77. The first kappa shape index (κ1) is 14.3. The quantitative estimate of drug-likeness (QED) is 0.482. The molecule has 1 aromatic carbocycles. The van der Waals surface area contributed by atoms with Gasteiger partial charge < -0.3 is 0 Å². The second-order valence-electron chi connectivity index (χ2n) is 3.49. The molecule has 0 aliphatic carbocycles. The molecule has 8 heteroatoms. The number of hydrazone groups is 1. The van der Waals surface area contributed by atoms with Gasteiger partial charge >= 0.3 is 5.69 Å². The van der Waals surface area contributed by atoms with Gasteiger partial charge in [0.2, 0.25) is 0 Å². The van der Waals surface area contributed by atoms with E-state index in [1.54, 1.807) is 0 Å². The standard InChI is InChI=1S/C11H12N4O4/c1-3-8(4-2)12-13-10-6-5-9(14(16)17)7-11(10)15(18)19/h3,5-7,13H,1,4H2,2H3/b12-8-. The van der Waals surface area contributed by atoms with Gasteiger partial charge in [-0.15, -0.1) is 0 Å². The van der Waals surface area contributed by atoms with Crippen LogP contribution in [0.1, 0.15) is 13.3 Å². The van der Waals surface area contributed by atoms with Crippen LogP contribution in [0.5, 0.6) is 0 Å². The van der Waals surface area contributed by atoms with Crippen molar-refractivity contribution in [2.24, 2.45) is 5.10 Å². The Bertz CT molecular complexity index is 554. The highest BCUT2D eigenvalue weighted by atomic mass is 16.6. The predicted molar refractivity (Wildman–Crippen MR) is 71.3 cm³/mol. The summed E-state index contributed by atoms with van der Waals surface area (Å²) in [5.41, 5.74) is 2.47. The molecule has 0 aliphatic heterocycles. The molecule has 1 N–H and O–H groups in total. The highest BCUT2D eigenvalue weighted by Gasteiger charge is 2.19. The number of nitrogens with zero attached hydrogens (tertiary/aromatic N) is 3. The van der Waals surface area contributed by atoms with Crippen LogP contribution in [0.15, 0.2) is 36.0 Å². The lowest BCUT2D eigenvalue weighted by Crippen LogP contribution is -2.01. The van der Waals surface area contributed by atoms with E-state index < -0.39 is 15.5 Å². The summed E-state index contributed by atoms with van der Waals surface area (Å²) >= 11 is 0. The normalized spacial score (nSPS) is 10.9. The van der Waals surface area contributed by atoms with Gasteiger partial charge in [0.1, 0.15) is 5.69 Å². The van der Waals surface area contributed by atoms with Gasteiger partial charge in [0.25, 0.3) is 5.69 Å². The van der Waals surface area contributed by atoms with E-state index in [2.05, 4.69) is 17.1 Å². The number of nitro groups is 2. The zero-order chi connectivity index (χ0) is 14.4. The van der Waals surface area contributed by atoms with Crippen LogP contribution in [0.2, 0.25) is 0 Å². The molecular weight excluding hydrogens is 252 g/mol. The van der Waals surface area contributed by atoms with Crippen molar-refractivity contribution >= 4 is 22.8 Å². The monoisotopic (exact) mass is 264 g/mol. The molecule has 0 aliphatic rings. The maximum absolute atomic E-state index is 10.9. The Kier molecular flexibility index (Phi) is 4.69. The number of hydrogen-bond donors (Lipinski definition) is 1. The van der Waals surface area contributed by atoms with Gasteiger partial charge in [-0.2, -0.15) is 5.10 Å². The summed E-state index contributed by atoms with van der Waals surface area (Å²) in [6.07, 6.45) is 2.13. The summed E-state index contributed by atoms with van der Waals surface area (Å²) in [5.74, 6) is 0. The number of benzene rings is 1. The Labute approximate surface area is 108 Å². The third-order valence-corrected chi connectivity index (χ3v) is 2.31. The number of anilines is 1. The number of hydrogen-bond acceptors (Lipinski definition) is 6. The molecule has 1 rings (SSSR count). The lowest BCUT2D eigenvalue weighted by atomic mass is 10.2. The maximum atomic E-state index is 10.9. The molecule has 0 unspecified atom stereocenters. The van der Waals surface area contributed by atoms with Gasteiger partial charge in [0, 0.05) is 6.07 Å². The number of non-ortho nitro benzene ring substituents is 1. The Morgan fingerprint density at radius 3 is 2.58 bits per heavy atom. The SMILES string of the molecule is C=C/C(CC)=N/Nc1ccc([N+](=O)[O-])cc1[N+](=O)[O-]. The Morgan fingerprint density at radius 1 is 1.42 bits per heavy atom. The number of rotatable bonds is 6. The molecular formula is C11H12N4O4. The van der Waals surface area contributed by atoms with Crippen LogP contribution in [0.25, 0.3) is 0 Å². The molecule has 0 saturated carbocycles. The fourth-order valence-corrected chi connectivity index (χ4v) is 1.28. The summed E-state index contributed by atoms with van der Waals surface area (Å²) in [5, 5.41) is 25.3. The molecule has 1 aromatic rings. The zero-order valence-electron chi connectivity index (χ0n) is 10.2. The van der Waals surface area contributed by atoms with Crippen molar-refractivity contribution in [2.75, 3.05) is 5.43 Å². The van der Waals surface area contributed by atoms with Gasteiger partial charge in [-0.05, 0) is 18.6 Å². The van der Waals surface area contributed by atoms with Crippen LogP contribution in [0.3, 0.4) is 0 Å². The topological polar surface area (TPSA) is 111 Å². The molecule has 0 aromatic heterocycles. The van der Waals surface area contributed by atoms with Crippen molar-refractivity contribution in [3.8, 4) is 0 Å². The molecule has 0 amide bonds. The third-order valence-electron chi connectivity index (χ3n) is 2.31. The number of nitro benzene ring substituents is 2. The second kappa shape index (κ2) is 6.24. The van der Waals surface area contributed by atoms with Gasteiger partial charge in [0.05, 0.1) is 21.6 Å². The van der Waals surface area contributed by atoms with Crippen LogP contribution in [-0.2, 0) is 0 Å². The third kappa shape index (κ3) is 3.60. The minimum absolute atomic E-state index is 0.0865. The lowest BCUT2D eigenvalue weighted by Gasteiger charge is -2.03. The van der Waals surface area contributed by atoms with Crippen LogP contribution < -0.4 is 5.43 Å². The van der Waals surface area contributed by atoms with E-state index in [4.69, 9.17) is 0 Å². The maximum Gasteiger partial charge on any atom is 0.301 e. The zero-order valence-corrected chi connectivity index (χ0v) is 10.2. The first-order valence-corrected chi connectivity index (χ1v) is 5.37. The first-order chi connectivity index (χ1) is 8.99. The average Bonchev–Trinajstić information content (AvgIpc) is 2.39. The molecule has 0 spiro atoms. The fraction of sp³-hybridized carbons (Fsp3) is 0.182. The summed E-state index contributed by atoms with van der Waals surface area (Å²) in [6.45, 7) is 5.40. The van der Waals surface area contributed by atoms with E-state index in [0.717, 1.165) is 6.07 Å². The van der Waals surface area contributed by atoms with Crippen LogP contribution in [0, 0.1) is 20.2 Å². The van der Waals surface area contributed by atoms with Crippen LogP contribution in [-0.4, -0.2) is 15.6 Å². The molecule has 0 saturated heterocycles. The Morgan fingerprint density at radius 2 is 2.11 bits per heavy atom. The largest absolute Gasteiger partial charge is 0.301 e. The summed E-state index contributed by atoms with van der Waals surface area (Å²) in [7, 11) is 0. The second-order valence-corrected chi connectivity index (χ2v) is 3.49. The van der Waals surface area contributed by atoms with Gasteiger partial charge in [-0.25, -0.2) is 0 Å². The number of allylic oxidation sites excluding steroid dienone is 1. The molecule has 0 radical (unpaired) electrons. The minimum Gasteiger partial charge on any atom is -0.271 e. The molecule has 0 bridgehead atoms. The summed E-state index contributed by atoms with van der Waals surface area (Å²) in [6, 6.07) is 3.30. The van der Waals surface area contributed by atoms with E-state index in [1.165, 1.54) is 18.2 Å². The molecule has 0 atom stereocenters. The first-order valence-electron chi connectivity index (χ1n) is 5.37. The summed E-state index contributed by atoms with van der Waals surface area (Å²) < 4.78 is 0. The van der Waals surface area contributed by atoms with Crippen molar-refractivity contribution in [1.29, 1.82) is 0 Å². The van der Waals surface area contributed by atoms with Crippen molar-refractivity contribution in [1.82, 2.24) is 0 Å². The molecule has 19 heavy (non-hydrogen) atoms. The molecule has 100 valence electrons. The van der Waals surface area contributed by atoms with Crippen LogP contribution in [0.4, 0.5) is 17.1 Å². The van der Waals surface area contributed by atoms with Gasteiger partial charge in [0.15, 0.2) is 0 Å². The van der Waals surface area contributed by atoms with Gasteiger partial charge in [-0.1, -0.05) is 13.5 Å². The number of nitrogens with one attached hydrogen (secondary N) is 1. The minimum atomic E-state index is -0.704. The Balaban J connectivity index is 3.14. The van der Waals surface area contributed by atoms with E-state index in [-0.39, 0.29) is 11.4 Å². The highest BCUT2D eigenvalue weighted by Crippen LogP contribution is 2.28. The van der Waals surface area contributed by atoms with Gasteiger partial charge in [-0.3, -0.25) is 25.7 Å². The van der Waals surface area contributed by atoms with E-state index in [0.29, 0.717) is 12.1 Å². The lowest BCUT2D eigenvalue weighted by molar-refractivity contribution is -0.393. The molecule has 8 nitrogen and oxygen atoms in total. The smallest absolute Gasteiger partial charge is 0.271 e. The van der Waals surface area contributed by atoms with E-state index in [9.17, 15) is 20.2 Å².